The molecule has 1 heterocycles. The molecule has 1 aliphatic rings. The second kappa shape index (κ2) is 14.5. The van der Waals surface area contributed by atoms with Gasteiger partial charge in [0.15, 0.2) is 0 Å². The Morgan fingerprint density at radius 3 is 2.32 bits per heavy atom. The molecule has 1 aromatic rings. The monoisotopic (exact) mass is 493 g/mol. The molecule has 7 heteroatoms. The van der Waals surface area contributed by atoms with Crippen molar-refractivity contribution >= 4 is 29.9 Å². The number of amides is 1. The average molecular weight is 494 g/mol. The van der Waals surface area contributed by atoms with Gasteiger partial charge in [-0.3, -0.25) is 9.59 Å². The lowest BCUT2D eigenvalue weighted by Crippen LogP contribution is -2.46. The fourth-order valence-corrected chi connectivity index (χ4v) is 4.84. The molecule has 2 rings (SSSR count). The van der Waals surface area contributed by atoms with Crippen LogP contribution in [0.25, 0.3) is 0 Å². The zero-order valence-electron chi connectivity index (χ0n) is 22.0. The molecule has 0 aliphatic heterocycles. The molecule has 1 fully saturated rings. The zero-order valence-corrected chi connectivity index (χ0v) is 22.8. The van der Waals surface area contributed by atoms with Gasteiger partial charge in [-0.05, 0) is 72.8 Å². The average Bonchev–Trinajstić information content (AvgIpc) is 3.15. The summed E-state index contributed by atoms with van der Waals surface area (Å²) in [6, 6.07) is 2.06. The number of hydrogen-bond acceptors (Lipinski definition) is 6. The third-order valence-electron chi connectivity index (χ3n) is 5.85. The van der Waals surface area contributed by atoms with Gasteiger partial charge in [-0.2, -0.15) is 0 Å². The summed E-state index contributed by atoms with van der Waals surface area (Å²) in [4.78, 5) is 25.3. The topological polar surface area (TPSA) is 76.1 Å². The molecule has 1 N–H and O–H groups in total. The van der Waals surface area contributed by atoms with Gasteiger partial charge < -0.3 is 19.5 Å². The lowest BCUT2D eigenvalue weighted by Gasteiger charge is -2.38. The van der Waals surface area contributed by atoms with E-state index in [1.165, 1.54) is 26.4 Å². The summed E-state index contributed by atoms with van der Waals surface area (Å²) in [7, 11) is 1.31. The smallest absolute Gasteiger partial charge is 0.292 e. The lowest BCUT2D eigenvalue weighted by atomic mass is 9.83. The van der Waals surface area contributed by atoms with Crippen LogP contribution in [0.1, 0.15) is 82.9 Å². The van der Waals surface area contributed by atoms with E-state index in [2.05, 4.69) is 50.3 Å². The van der Waals surface area contributed by atoms with Crippen molar-refractivity contribution in [1.82, 2.24) is 0 Å². The number of methoxy groups -OCH3 is 1. The minimum absolute atomic E-state index is 0.00232. The largest absolute Gasteiger partial charge is 0.471 e. The highest BCUT2D eigenvalue weighted by molar-refractivity contribution is 7.13. The Bertz CT molecular complexity index is 809. The van der Waals surface area contributed by atoms with Gasteiger partial charge in [0.25, 0.3) is 6.47 Å². The lowest BCUT2D eigenvalue weighted by molar-refractivity contribution is -0.126. The predicted octanol–water partition coefficient (Wildman–Crippen LogP) is 5.33. The highest BCUT2D eigenvalue weighted by atomic mass is 32.1. The first-order valence-corrected chi connectivity index (χ1v) is 12.9. The first-order valence-electron chi connectivity index (χ1n) is 12.1. The Labute approximate surface area is 210 Å². The van der Waals surface area contributed by atoms with Gasteiger partial charge in [-0.1, -0.05) is 31.1 Å². The Morgan fingerprint density at radius 2 is 1.82 bits per heavy atom. The van der Waals surface area contributed by atoms with Gasteiger partial charge in [0.1, 0.15) is 0 Å². The Morgan fingerprint density at radius 1 is 1.21 bits per heavy atom. The molecular weight excluding hydrogens is 450 g/mol. The Kier molecular flexibility index (Phi) is 12.9. The molecule has 0 saturated heterocycles. The number of anilines is 1. The number of carbonyl (C=O) groups is 2. The van der Waals surface area contributed by atoms with Crippen molar-refractivity contribution in [3.8, 4) is 11.8 Å². The predicted molar refractivity (Wildman–Crippen MR) is 139 cm³/mol. The number of aliphatic hydroxyl groups is 1. The highest BCUT2D eigenvalue weighted by Crippen LogP contribution is 2.36. The van der Waals surface area contributed by atoms with Crippen molar-refractivity contribution in [2.75, 3.05) is 25.2 Å². The molecule has 1 saturated carbocycles. The number of carbonyl (C=O) groups excluding carboxylic acids is 2. The van der Waals surface area contributed by atoms with E-state index in [9.17, 15) is 9.90 Å². The normalized spacial score (nSPS) is 15.3. The molecule has 0 spiro atoms. The SMILES string of the molecule is COC=O.Cc1sc(C#CC(C)(C)C)cc1N(C=O)C(COC(C)(C)CCO)C1CCCCC1. The number of aryl methyl sites for hydroxylation is 1. The van der Waals surface area contributed by atoms with Crippen LogP contribution in [0.15, 0.2) is 6.07 Å². The second-order valence-corrected chi connectivity index (χ2v) is 11.7. The van der Waals surface area contributed by atoms with E-state index in [0.29, 0.717) is 25.4 Å². The van der Waals surface area contributed by atoms with Crippen LogP contribution in [0.2, 0.25) is 0 Å². The first kappa shape index (κ1) is 30.2. The second-order valence-electron chi connectivity index (χ2n) is 10.4. The van der Waals surface area contributed by atoms with Crippen molar-refractivity contribution < 1.29 is 24.2 Å². The van der Waals surface area contributed by atoms with Gasteiger partial charge in [-0.15, -0.1) is 11.3 Å². The van der Waals surface area contributed by atoms with Crippen molar-refractivity contribution in [2.45, 2.75) is 91.7 Å². The maximum Gasteiger partial charge on any atom is 0.292 e. The summed E-state index contributed by atoms with van der Waals surface area (Å²) < 4.78 is 10.1. The standard InChI is InChI=1S/C25H39NO3S.C2H4O2/c1-19-22(16-21(30-19)12-13-24(2,3)4)26(18-28)23(20-10-8-7-9-11-20)17-29-25(5,6)14-15-27;1-4-2-3/h16,18,20,23,27H,7-11,14-15,17H2,1-6H3;2H,1H3. The third-order valence-corrected chi connectivity index (χ3v) is 6.81. The number of rotatable bonds is 10. The maximum absolute atomic E-state index is 12.3. The third kappa shape index (κ3) is 10.6. The van der Waals surface area contributed by atoms with Crippen LogP contribution in [0, 0.1) is 30.1 Å². The van der Waals surface area contributed by atoms with Gasteiger partial charge >= 0.3 is 0 Å². The minimum atomic E-state index is -0.413. The van der Waals surface area contributed by atoms with Crippen LogP contribution in [-0.2, 0) is 19.1 Å². The summed E-state index contributed by atoms with van der Waals surface area (Å²) in [5.74, 6) is 7.00. The minimum Gasteiger partial charge on any atom is -0.471 e. The first-order chi connectivity index (χ1) is 16.0. The van der Waals surface area contributed by atoms with E-state index in [4.69, 9.17) is 9.53 Å². The quantitative estimate of drug-likeness (QED) is 0.352. The molecular formula is C27H43NO5S. The summed E-state index contributed by atoms with van der Waals surface area (Å²) in [5.41, 5.74) is 0.481. The van der Waals surface area contributed by atoms with Gasteiger partial charge in [0, 0.05) is 16.9 Å². The Hall–Kier alpha value is -1.88. The van der Waals surface area contributed by atoms with Crippen molar-refractivity contribution in [2.24, 2.45) is 11.3 Å². The summed E-state index contributed by atoms with van der Waals surface area (Å²) in [5, 5.41) is 9.34. The molecule has 192 valence electrons. The fourth-order valence-electron chi connectivity index (χ4n) is 3.97. The van der Waals surface area contributed by atoms with Crippen molar-refractivity contribution in [3.05, 3.63) is 15.8 Å². The van der Waals surface area contributed by atoms with Crippen LogP contribution in [0.4, 0.5) is 5.69 Å². The number of aliphatic hydroxyl groups excluding tert-OH is 1. The molecule has 0 bridgehead atoms. The molecule has 34 heavy (non-hydrogen) atoms. The van der Waals surface area contributed by atoms with E-state index >= 15 is 0 Å². The number of ether oxygens (including phenoxy) is 2. The summed E-state index contributed by atoms with van der Waals surface area (Å²) in [6.07, 6.45) is 7.48. The molecule has 1 amide bonds. The molecule has 1 aromatic heterocycles. The summed E-state index contributed by atoms with van der Waals surface area (Å²) >= 11 is 1.65. The van der Waals surface area contributed by atoms with E-state index in [1.54, 1.807) is 11.3 Å². The molecule has 1 unspecified atom stereocenters. The molecule has 6 nitrogen and oxygen atoms in total. The molecule has 0 aromatic carbocycles. The number of thiophene rings is 1. The van der Waals surface area contributed by atoms with Crippen LogP contribution < -0.4 is 4.90 Å². The van der Waals surface area contributed by atoms with E-state index in [0.717, 1.165) is 34.7 Å². The maximum atomic E-state index is 12.3. The number of nitrogens with zero attached hydrogens (tertiary/aromatic N) is 1. The van der Waals surface area contributed by atoms with E-state index in [-0.39, 0.29) is 18.1 Å². The highest BCUT2D eigenvalue weighted by Gasteiger charge is 2.32. The van der Waals surface area contributed by atoms with Crippen LogP contribution in [-0.4, -0.2) is 50.0 Å². The molecule has 0 radical (unpaired) electrons. The van der Waals surface area contributed by atoms with Crippen LogP contribution >= 0.6 is 11.3 Å². The van der Waals surface area contributed by atoms with Crippen molar-refractivity contribution in [1.29, 1.82) is 0 Å². The zero-order chi connectivity index (χ0) is 25.8. The van der Waals surface area contributed by atoms with E-state index < -0.39 is 5.60 Å². The number of hydrogen-bond donors (Lipinski definition) is 1. The summed E-state index contributed by atoms with van der Waals surface area (Å²) in [6.45, 7) is 13.3. The van der Waals surface area contributed by atoms with Gasteiger partial charge in [-0.25, -0.2) is 0 Å². The molecule has 1 atom stereocenters. The van der Waals surface area contributed by atoms with Crippen molar-refractivity contribution in [3.63, 3.8) is 0 Å². The van der Waals surface area contributed by atoms with Gasteiger partial charge in [0.05, 0.1) is 35.9 Å². The fraction of sp³-hybridized carbons (Fsp3) is 0.704. The Balaban J connectivity index is 0.00000133. The van der Waals surface area contributed by atoms with Gasteiger partial charge in [0.2, 0.25) is 6.41 Å². The van der Waals surface area contributed by atoms with Crippen LogP contribution in [0.3, 0.4) is 0 Å². The van der Waals surface area contributed by atoms with Crippen LogP contribution in [0.5, 0.6) is 0 Å². The molecule has 1 aliphatic carbocycles. The van der Waals surface area contributed by atoms with E-state index in [1.807, 2.05) is 18.7 Å².